The van der Waals surface area contributed by atoms with Gasteiger partial charge in [-0.15, -0.1) is 11.3 Å². The molecule has 0 saturated carbocycles. The summed E-state index contributed by atoms with van der Waals surface area (Å²) in [5.74, 6) is -0.255. The number of nitrogens with zero attached hydrogens (tertiary/aromatic N) is 6. The molecule has 8 nitrogen and oxygen atoms in total. The average Bonchev–Trinajstić information content (AvgIpc) is 3.47. The van der Waals surface area contributed by atoms with Gasteiger partial charge in [-0.25, -0.2) is 9.67 Å². The smallest absolute Gasteiger partial charge is 0.275 e. The highest BCUT2D eigenvalue weighted by molar-refractivity contribution is 7.13. The largest absolute Gasteiger partial charge is 0.318 e. The van der Waals surface area contributed by atoms with Crippen LogP contribution in [0.5, 0.6) is 0 Å². The Kier molecular flexibility index (Phi) is 5.50. The molecule has 148 valence electrons. The number of hydrogen-bond acceptors (Lipinski definition) is 6. The van der Waals surface area contributed by atoms with Crippen molar-refractivity contribution in [3.8, 4) is 16.3 Å². The van der Waals surface area contributed by atoms with Crippen LogP contribution in [-0.2, 0) is 6.54 Å². The molecule has 0 fully saturated rings. The van der Waals surface area contributed by atoms with Crippen LogP contribution < -0.4 is 5.32 Å². The van der Waals surface area contributed by atoms with Crippen LogP contribution in [0.25, 0.3) is 16.3 Å². The second kappa shape index (κ2) is 8.38. The molecule has 3 heterocycles. The Balaban J connectivity index is 1.42. The zero-order valence-electron chi connectivity index (χ0n) is 16.2. The first-order valence-electron chi connectivity index (χ1n) is 9.13. The number of carbonyl (C=O) groups is 1. The summed E-state index contributed by atoms with van der Waals surface area (Å²) in [6, 6.07) is 9.86. The number of nitrogens with one attached hydrogen (secondary N) is 1. The van der Waals surface area contributed by atoms with Gasteiger partial charge in [0.25, 0.3) is 5.91 Å². The molecule has 0 saturated heterocycles. The minimum Gasteiger partial charge on any atom is -0.318 e. The molecule has 29 heavy (non-hydrogen) atoms. The summed E-state index contributed by atoms with van der Waals surface area (Å²) >= 11 is 1.41. The van der Waals surface area contributed by atoms with E-state index in [-0.39, 0.29) is 5.91 Å². The van der Waals surface area contributed by atoms with Gasteiger partial charge in [0.2, 0.25) is 0 Å². The van der Waals surface area contributed by atoms with E-state index < -0.39 is 0 Å². The molecule has 9 heteroatoms. The minimum atomic E-state index is -0.255. The first kappa shape index (κ1) is 19.0. The summed E-state index contributed by atoms with van der Waals surface area (Å²) in [4.78, 5) is 19.1. The summed E-state index contributed by atoms with van der Waals surface area (Å²) < 4.78 is 3.60. The van der Waals surface area contributed by atoms with E-state index in [1.807, 2.05) is 56.8 Å². The number of carbonyl (C=O) groups excluding carboxylic acids is 1. The number of benzene rings is 1. The quantitative estimate of drug-likeness (QED) is 0.509. The van der Waals surface area contributed by atoms with E-state index in [4.69, 9.17) is 0 Å². The summed E-state index contributed by atoms with van der Waals surface area (Å²) in [6.07, 6.45) is 7.12. The van der Waals surface area contributed by atoms with Crippen LogP contribution in [0.4, 0.5) is 5.69 Å². The molecule has 1 N–H and O–H groups in total. The molecule has 0 atom stereocenters. The van der Waals surface area contributed by atoms with Gasteiger partial charge in [0.1, 0.15) is 10.7 Å². The van der Waals surface area contributed by atoms with E-state index in [1.165, 1.54) is 11.3 Å². The number of aromatic nitrogens is 5. The number of thiazole rings is 1. The monoisotopic (exact) mass is 407 g/mol. The third-order valence-electron chi connectivity index (χ3n) is 4.25. The van der Waals surface area contributed by atoms with Crippen molar-refractivity contribution < 1.29 is 4.79 Å². The molecule has 0 bridgehead atoms. The van der Waals surface area contributed by atoms with Gasteiger partial charge < -0.3 is 10.2 Å². The van der Waals surface area contributed by atoms with Gasteiger partial charge in [0.15, 0.2) is 0 Å². The van der Waals surface area contributed by atoms with Gasteiger partial charge in [-0.1, -0.05) is 18.2 Å². The molecule has 3 aromatic heterocycles. The highest BCUT2D eigenvalue weighted by atomic mass is 32.1. The Labute approximate surface area is 172 Å². The van der Waals surface area contributed by atoms with Crippen LogP contribution in [0.2, 0.25) is 0 Å². The third kappa shape index (κ3) is 4.58. The Morgan fingerprint density at radius 3 is 2.76 bits per heavy atom. The van der Waals surface area contributed by atoms with E-state index in [1.54, 1.807) is 27.1 Å². The van der Waals surface area contributed by atoms with E-state index in [9.17, 15) is 4.79 Å². The van der Waals surface area contributed by atoms with Crippen molar-refractivity contribution in [2.45, 2.75) is 6.54 Å². The predicted molar refractivity (Wildman–Crippen MR) is 113 cm³/mol. The zero-order chi connectivity index (χ0) is 20.2. The molecule has 0 aliphatic rings. The Bertz CT molecular complexity index is 1100. The minimum absolute atomic E-state index is 0.255. The van der Waals surface area contributed by atoms with E-state index in [0.717, 1.165) is 29.3 Å². The predicted octanol–water partition coefficient (Wildman–Crippen LogP) is 3.01. The van der Waals surface area contributed by atoms with Crippen molar-refractivity contribution >= 4 is 22.9 Å². The highest BCUT2D eigenvalue weighted by Gasteiger charge is 2.14. The summed E-state index contributed by atoms with van der Waals surface area (Å²) in [6.45, 7) is 1.64. The highest BCUT2D eigenvalue weighted by Crippen LogP contribution is 2.24. The fourth-order valence-corrected chi connectivity index (χ4v) is 3.49. The Hall–Kier alpha value is -3.30. The molecular formula is C20H21N7OS. The summed E-state index contributed by atoms with van der Waals surface area (Å²) in [5.41, 5.74) is 2.87. The van der Waals surface area contributed by atoms with E-state index >= 15 is 0 Å². The molecule has 4 aromatic rings. The summed E-state index contributed by atoms with van der Waals surface area (Å²) in [5, 5.41) is 14.0. The summed E-state index contributed by atoms with van der Waals surface area (Å²) in [7, 11) is 4.02. The van der Waals surface area contributed by atoms with Crippen LogP contribution in [0.15, 0.2) is 60.5 Å². The van der Waals surface area contributed by atoms with Crippen molar-refractivity contribution in [3.05, 3.63) is 66.2 Å². The number of amides is 1. The average molecular weight is 408 g/mol. The lowest BCUT2D eigenvalue weighted by atomic mass is 10.3. The van der Waals surface area contributed by atoms with Crippen molar-refractivity contribution in [1.82, 2.24) is 29.4 Å². The van der Waals surface area contributed by atoms with Gasteiger partial charge in [-0.05, 0) is 26.2 Å². The van der Waals surface area contributed by atoms with Gasteiger partial charge in [0.05, 0.1) is 30.3 Å². The Morgan fingerprint density at radius 2 is 1.97 bits per heavy atom. The van der Waals surface area contributed by atoms with E-state index in [2.05, 4.69) is 25.4 Å². The maximum atomic E-state index is 12.5. The lowest BCUT2D eigenvalue weighted by molar-refractivity contribution is 0.102. The van der Waals surface area contributed by atoms with E-state index in [0.29, 0.717) is 11.4 Å². The van der Waals surface area contributed by atoms with Crippen LogP contribution >= 0.6 is 11.3 Å². The molecule has 1 aromatic carbocycles. The van der Waals surface area contributed by atoms with Gasteiger partial charge >= 0.3 is 0 Å². The molecule has 1 amide bonds. The number of likely N-dealkylation sites (N-methyl/N-ethyl adjacent to an activating group) is 1. The number of para-hydroxylation sites is 1. The molecule has 0 spiro atoms. The van der Waals surface area contributed by atoms with Gasteiger partial charge in [0, 0.05) is 29.9 Å². The number of hydrogen-bond donors (Lipinski definition) is 1. The first-order chi connectivity index (χ1) is 14.1. The fraction of sp³-hybridized carbons (Fsp3) is 0.200. The lowest BCUT2D eigenvalue weighted by Crippen LogP contribution is -2.18. The second-order valence-corrected chi connectivity index (χ2v) is 7.65. The van der Waals surface area contributed by atoms with Crippen molar-refractivity contribution in [2.75, 3.05) is 26.0 Å². The number of rotatable bonds is 7. The van der Waals surface area contributed by atoms with Gasteiger partial charge in [-0.2, -0.15) is 10.2 Å². The maximum Gasteiger partial charge on any atom is 0.275 e. The van der Waals surface area contributed by atoms with Crippen LogP contribution in [-0.4, -0.2) is 56.0 Å². The number of anilines is 1. The molecule has 4 rings (SSSR count). The van der Waals surface area contributed by atoms with Crippen LogP contribution in [0.3, 0.4) is 0 Å². The molecular weight excluding hydrogens is 386 g/mol. The normalized spacial score (nSPS) is 11.1. The van der Waals surface area contributed by atoms with Crippen molar-refractivity contribution in [3.63, 3.8) is 0 Å². The fourth-order valence-electron chi connectivity index (χ4n) is 2.71. The second-order valence-electron chi connectivity index (χ2n) is 6.80. The molecule has 0 unspecified atom stereocenters. The standard InChI is InChI=1S/C20H21N7OS/c1-25(2)8-9-26-13-16(11-21-26)23-19(28)18-14-29-20(24-18)15-10-22-27(12-15)17-6-4-3-5-7-17/h3-7,10-14H,8-9H2,1-2H3,(H,23,28). The SMILES string of the molecule is CN(C)CCn1cc(NC(=O)c2csc(-c3cnn(-c4ccccc4)c3)n2)cn1. The third-order valence-corrected chi connectivity index (χ3v) is 5.15. The lowest BCUT2D eigenvalue weighted by Gasteiger charge is -2.08. The molecule has 0 aliphatic heterocycles. The van der Waals surface area contributed by atoms with Crippen molar-refractivity contribution in [2.24, 2.45) is 0 Å². The molecule has 0 radical (unpaired) electrons. The van der Waals surface area contributed by atoms with Crippen LogP contribution in [0.1, 0.15) is 10.5 Å². The topological polar surface area (TPSA) is 80.9 Å². The zero-order valence-corrected chi connectivity index (χ0v) is 17.0. The maximum absolute atomic E-state index is 12.5. The van der Waals surface area contributed by atoms with Crippen LogP contribution in [0, 0.1) is 0 Å². The first-order valence-corrected chi connectivity index (χ1v) is 10.0. The molecule has 0 aliphatic carbocycles. The van der Waals surface area contributed by atoms with Crippen molar-refractivity contribution in [1.29, 1.82) is 0 Å². The Morgan fingerprint density at radius 1 is 1.14 bits per heavy atom. The van der Waals surface area contributed by atoms with Gasteiger partial charge in [-0.3, -0.25) is 9.48 Å².